The maximum absolute atomic E-state index is 12.2. The van der Waals surface area contributed by atoms with Gasteiger partial charge < -0.3 is 5.32 Å². The minimum Gasteiger partial charge on any atom is -0.349 e. The molecule has 0 bridgehead atoms. The van der Waals surface area contributed by atoms with Gasteiger partial charge in [-0.3, -0.25) is 4.79 Å². The fourth-order valence-corrected chi connectivity index (χ4v) is 2.53. The zero-order valence-electron chi connectivity index (χ0n) is 11.7. The van der Waals surface area contributed by atoms with E-state index in [1.165, 1.54) is 12.8 Å². The average Bonchev–Trinajstić information content (AvgIpc) is 3.06. The van der Waals surface area contributed by atoms with Crippen molar-refractivity contribution in [3.8, 4) is 0 Å². The lowest BCUT2D eigenvalue weighted by atomic mass is 10.1. The van der Waals surface area contributed by atoms with Gasteiger partial charge in [-0.15, -0.1) is 0 Å². The standard InChI is InChI=1S/C15H21ClN2O/c1-4-5-10-6-13(10)18-15(19)11-7-12(9(2)3)17-14(16)8-11/h7-10,13H,4-6H2,1-3H3,(H,18,19). The molecule has 4 heteroatoms. The summed E-state index contributed by atoms with van der Waals surface area (Å²) in [5, 5.41) is 3.46. The molecule has 1 aliphatic carbocycles. The molecular formula is C15H21ClN2O. The third-order valence-corrected chi connectivity index (χ3v) is 3.76. The molecule has 1 aliphatic rings. The number of nitrogens with one attached hydrogen (secondary N) is 1. The molecule has 104 valence electrons. The van der Waals surface area contributed by atoms with Crippen LogP contribution in [-0.2, 0) is 0 Å². The minimum absolute atomic E-state index is 0.0326. The predicted octanol–water partition coefficient (Wildman–Crippen LogP) is 3.78. The molecule has 0 spiro atoms. The predicted molar refractivity (Wildman–Crippen MR) is 77.6 cm³/mol. The summed E-state index contributed by atoms with van der Waals surface area (Å²) in [6.07, 6.45) is 3.48. The summed E-state index contributed by atoms with van der Waals surface area (Å²) in [4.78, 5) is 16.4. The van der Waals surface area contributed by atoms with Crippen molar-refractivity contribution < 1.29 is 4.79 Å². The molecule has 1 saturated carbocycles. The maximum atomic E-state index is 12.2. The summed E-state index contributed by atoms with van der Waals surface area (Å²) in [6.45, 7) is 6.26. The van der Waals surface area contributed by atoms with Crippen LogP contribution in [0.2, 0.25) is 5.15 Å². The number of aromatic nitrogens is 1. The lowest BCUT2D eigenvalue weighted by Gasteiger charge is -2.09. The van der Waals surface area contributed by atoms with Crippen LogP contribution in [0.1, 0.15) is 62.0 Å². The first-order valence-corrected chi connectivity index (χ1v) is 7.37. The Morgan fingerprint density at radius 3 is 2.89 bits per heavy atom. The lowest BCUT2D eigenvalue weighted by molar-refractivity contribution is 0.0948. The van der Waals surface area contributed by atoms with Crippen LogP contribution in [0.5, 0.6) is 0 Å². The Morgan fingerprint density at radius 1 is 1.53 bits per heavy atom. The molecule has 0 saturated heterocycles. The normalized spacial score (nSPS) is 21.5. The van der Waals surface area contributed by atoms with E-state index < -0.39 is 0 Å². The monoisotopic (exact) mass is 280 g/mol. The van der Waals surface area contributed by atoms with Gasteiger partial charge in [0.1, 0.15) is 5.15 Å². The van der Waals surface area contributed by atoms with E-state index in [9.17, 15) is 4.79 Å². The molecule has 2 atom stereocenters. The van der Waals surface area contributed by atoms with Gasteiger partial charge in [-0.1, -0.05) is 38.8 Å². The van der Waals surface area contributed by atoms with E-state index in [-0.39, 0.29) is 11.8 Å². The molecule has 0 aromatic carbocycles. The summed E-state index contributed by atoms with van der Waals surface area (Å²) < 4.78 is 0. The highest BCUT2D eigenvalue weighted by Crippen LogP contribution is 2.34. The molecular weight excluding hydrogens is 260 g/mol. The number of pyridine rings is 1. The van der Waals surface area contributed by atoms with E-state index in [1.54, 1.807) is 6.07 Å². The Morgan fingerprint density at radius 2 is 2.26 bits per heavy atom. The Kier molecular flexibility index (Phi) is 4.46. The summed E-state index contributed by atoms with van der Waals surface area (Å²) >= 11 is 5.98. The second-order valence-corrected chi connectivity index (χ2v) is 6.01. The van der Waals surface area contributed by atoms with Gasteiger partial charge in [0.25, 0.3) is 5.91 Å². The van der Waals surface area contributed by atoms with Gasteiger partial charge in [0.2, 0.25) is 0 Å². The number of halogens is 1. The van der Waals surface area contributed by atoms with E-state index in [1.807, 2.05) is 19.9 Å². The smallest absolute Gasteiger partial charge is 0.251 e. The molecule has 1 N–H and O–H groups in total. The van der Waals surface area contributed by atoms with Gasteiger partial charge in [-0.25, -0.2) is 4.98 Å². The lowest BCUT2D eigenvalue weighted by Crippen LogP contribution is -2.27. The molecule has 1 aromatic heterocycles. The van der Waals surface area contributed by atoms with Crippen LogP contribution in [-0.4, -0.2) is 16.9 Å². The number of hydrogen-bond acceptors (Lipinski definition) is 2. The molecule has 19 heavy (non-hydrogen) atoms. The van der Waals surface area contributed by atoms with Crippen molar-refractivity contribution in [2.45, 2.75) is 52.0 Å². The van der Waals surface area contributed by atoms with Crippen molar-refractivity contribution in [3.05, 3.63) is 28.5 Å². The first-order valence-electron chi connectivity index (χ1n) is 6.99. The van der Waals surface area contributed by atoms with E-state index in [0.717, 1.165) is 12.1 Å². The maximum Gasteiger partial charge on any atom is 0.251 e. The largest absolute Gasteiger partial charge is 0.349 e. The molecule has 1 aromatic rings. The van der Waals surface area contributed by atoms with Gasteiger partial charge >= 0.3 is 0 Å². The second kappa shape index (κ2) is 5.91. The highest BCUT2D eigenvalue weighted by atomic mass is 35.5. The SMILES string of the molecule is CCCC1CC1NC(=O)c1cc(Cl)nc(C(C)C)c1. The highest BCUT2D eigenvalue weighted by molar-refractivity contribution is 6.29. The third-order valence-electron chi connectivity index (χ3n) is 3.57. The van der Waals surface area contributed by atoms with Crippen molar-refractivity contribution in [2.24, 2.45) is 5.92 Å². The van der Waals surface area contributed by atoms with Crippen LogP contribution >= 0.6 is 11.6 Å². The Labute approximate surface area is 119 Å². The minimum atomic E-state index is -0.0326. The summed E-state index contributed by atoms with van der Waals surface area (Å²) in [5.41, 5.74) is 1.48. The molecule has 1 amide bonds. The Bertz CT molecular complexity index is 473. The second-order valence-electron chi connectivity index (χ2n) is 5.62. The Hall–Kier alpha value is -1.09. The van der Waals surface area contributed by atoms with Crippen LogP contribution in [0, 0.1) is 5.92 Å². The fourth-order valence-electron chi connectivity index (χ4n) is 2.31. The van der Waals surface area contributed by atoms with Crippen LogP contribution in [0.3, 0.4) is 0 Å². The van der Waals surface area contributed by atoms with Gasteiger partial charge in [0, 0.05) is 17.3 Å². The van der Waals surface area contributed by atoms with Crippen LogP contribution < -0.4 is 5.32 Å². The summed E-state index contributed by atoms with van der Waals surface area (Å²) in [6, 6.07) is 3.82. The first-order chi connectivity index (χ1) is 9.01. The van der Waals surface area contributed by atoms with Gasteiger partial charge in [0.05, 0.1) is 0 Å². The number of rotatable bonds is 5. The number of carbonyl (C=O) groups excluding carboxylic acids is 1. The fraction of sp³-hybridized carbons (Fsp3) is 0.600. The van der Waals surface area contributed by atoms with Crippen molar-refractivity contribution in [3.63, 3.8) is 0 Å². The van der Waals surface area contributed by atoms with Crippen molar-refractivity contribution in [1.29, 1.82) is 0 Å². The van der Waals surface area contributed by atoms with Gasteiger partial charge in [-0.05, 0) is 36.8 Å². The summed E-state index contributed by atoms with van der Waals surface area (Å²) in [7, 11) is 0. The van der Waals surface area contributed by atoms with Crippen LogP contribution in [0.4, 0.5) is 0 Å². The van der Waals surface area contributed by atoms with Crippen LogP contribution in [0.25, 0.3) is 0 Å². The van der Waals surface area contributed by atoms with Crippen molar-refractivity contribution >= 4 is 17.5 Å². The zero-order valence-corrected chi connectivity index (χ0v) is 12.5. The number of hydrogen-bond donors (Lipinski definition) is 1. The number of nitrogens with zero attached hydrogens (tertiary/aromatic N) is 1. The molecule has 2 rings (SSSR count). The molecule has 0 radical (unpaired) electrons. The average molecular weight is 281 g/mol. The first kappa shape index (κ1) is 14.3. The Balaban J connectivity index is 2.03. The van der Waals surface area contributed by atoms with Gasteiger partial charge in [-0.2, -0.15) is 0 Å². The van der Waals surface area contributed by atoms with E-state index >= 15 is 0 Å². The van der Waals surface area contributed by atoms with Gasteiger partial charge in [0.15, 0.2) is 0 Å². The topological polar surface area (TPSA) is 42.0 Å². The molecule has 3 nitrogen and oxygen atoms in total. The summed E-state index contributed by atoms with van der Waals surface area (Å²) in [5.74, 6) is 0.893. The van der Waals surface area contributed by atoms with E-state index in [4.69, 9.17) is 11.6 Å². The highest BCUT2D eigenvalue weighted by Gasteiger charge is 2.37. The third kappa shape index (κ3) is 3.69. The molecule has 1 fully saturated rings. The van der Waals surface area contributed by atoms with Crippen molar-refractivity contribution in [1.82, 2.24) is 10.3 Å². The van der Waals surface area contributed by atoms with E-state index in [2.05, 4.69) is 17.2 Å². The molecule has 1 heterocycles. The van der Waals surface area contributed by atoms with E-state index in [0.29, 0.717) is 22.7 Å². The zero-order chi connectivity index (χ0) is 14.0. The number of carbonyl (C=O) groups is 1. The van der Waals surface area contributed by atoms with Crippen LogP contribution in [0.15, 0.2) is 12.1 Å². The number of amides is 1. The molecule has 2 unspecified atom stereocenters. The quantitative estimate of drug-likeness (QED) is 0.834. The molecule has 0 aliphatic heterocycles. The van der Waals surface area contributed by atoms with Crippen molar-refractivity contribution in [2.75, 3.05) is 0 Å².